The zero-order valence-corrected chi connectivity index (χ0v) is 10.8. The summed E-state index contributed by atoms with van der Waals surface area (Å²) in [7, 11) is 0. The molecule has 2 atom stereocenters. The molecule has 1 saturated carbocycles. The zero-order valence-electron chi connectivity index (χ0n) is 10.8. The van der Waals surface area contributed by atoms with Crippen LogP contribution in [0.15, 0.2) is 24.5 Å². The second-order valence-corrected chi connectivity index (χ2v) is 5.58. The largest absolute Gasteiger partial charge is 0.392 e. The van der Waals surface area contributed by atoms with Gasteiger partial charge in [0.05, 0.1) is 6.10 Å². The number of rotatable bonds is 3. The molecule has 0 radical (unpaired) electrons. The lowest BCUT2D eigenvalue weighted by Gasteiger charge is -2.33. The number of hydrogen-bond donors (Lipinski definition) is 1. The van der Waals surface area contributed by atoms with Crippen LogP contribution in [0.1, 0.15) is 51.0 Å². The zero-order chi connectivity index (χ0) is 12.3. The summed E-state index contributed by atoms with van der Waals surface area (Å²) in [6.07, 6.45) is 8.30. The third-order valence-electron chi connectivity index (χ3n) is 4.29. The molecule has 1 N–H and O–H groups in total. The van der Waals surface area contributed by atoms with Crippen LogP contribution in [0.2, 0.25) is 0 Å². The normalized spacial score (nSPS) is 28.6. The second-order valence-electron chi connectivity index (χ2n) is 5.58. The molecule has 0 aliphatic heterocycles. The SMILES string of the molecule is CC1CCC(C(O)C(C)c2ccncc2)CC1. The molecule has 2 heteroatoms. The van der Waals surface area contributed by atoms with Crippen molar-refractivity contribution < 1.29 is 5.11 Å². The molecule has 0 amide bonds. The van der Waals surface area contributed by atoms with Gasteiger partial charge in [-0.2, -0.15) is 0 Å². The highest BCUT2D eigenvalue weighted by atomic mass is 16.3. The molecule has 2 nitrogen and oxygen atoms in total. The first kappa shape index (κ1) is 12.6. The van der Waals surface area contributed by atoms with Crippen LogP contribution in [-0.2, 0) is 0 Å². The third-order valence-corrected chi connectivity index (χ3v) is 4.29. The molecule has 2 rings (SSSR count). The molecule has 94 valence electrons. The molecular formula is C15H23NO. The topological polar surface area (TPSA) is 33.1 Å². The first-order chi connectivity index (χ1) is 8.18. The van der Waals surface area contributed by atoms with Crippen LogP contribution >= 0.6 is 0 Å². The Morgan fingerprint density at radius 2 is 1.76 bits per heavy atom. The summed E-state index contributed by atoms with van der Waals surface area (Å²) >= 11 is 0. The maximum atomic E-state index is 10.5. The molecule has 0 saturated heterocycles. The van der Waals surface area contributed by atoms with Crippen LogP contribution in [0.25, 0.3) is 0 Å². The molecule has 1 aliphatic carbocycles. The Balaban J connectivity index is 1.98. The highest BCUT2D eigenvalue weighted by Gasteiger charge is 2.28. The Morgan fingerprint density at radius 1 is 1.18 bits per heavy atom. The number of hydrogen-bond acceptors (Lipinski definition) is 2. The van der Waals surface area contributed by atoms with E-state index >= 15 is 0 Å². The average molecular weight is 233 g/mol. The predicted octanol–water partition coefficient (Wildman–Crippen LogP) is 3.37. The lowest BCUT2D eigenvalue weighted by atomic mass is 9.76. The third kappa shape index (κ3) is 3.06. The van der Waals surface area contributed by atoms with Crippen molar-refractivity contribution in [2.45, 2.75) is 51.6 Å². The summed E-state index contributed by atoms with van der Waals surface area (Å²) < 4.78 is 0. The molecule has 1 aromatic rings. The van der Waals surface area contributed by atoms with E-state index in [1.54, 1.807) is 0 Å². The van der Waals surface area contributed by atoms with Gasteiger partial charge in [-0.1, -0.05) is 26.7 Å². The molecular weight excluding hydrogens is 210 g/mol. The van der Waals surface area contributed by atoms with Gasteiger partial charge in [-0.15, -0.1) is 0 Å². The summed E-state index contributed by atoms with van der Waals surface area (Å²) in [6.45, 7) is 4.44. The minimum Gasteiger partial charge on any atom is -0.392 e. The van der Waals surface area contributed by atoms with Gasteiger partial charge in [-0.25, -0.2) is 0 Å². The van der Waals surface area contributed by atoms with E-state index in [1.165, 1.54) is 31.2 Å². The Hall–Kier alpha value is -0.890. The Kier molecular flexibility index (Phi) is 4.16. The lowest BCUT2D eigenvalue weighted by Crippen LogP contribution is -2.29. The highest BCUT2D eigenvalue weighted by molar-refractivity contribution is 5.16. The van der Waals surface area contributed by atoms with Crippen LogP contribution in [0.3, 0.4) is 0 Å². The average Bonchev–Trinajstić information content (AvgIpc) is 2.39. The molecule has 2 unspecified atom stereocenters. The Bertz CT molecular complexity index is 330. The standard InChI is InChI=1S/C15H23NO/c1-11-3-5-14(6-4-11)15(17)12(2)13-7-9-16-10-8-13/h7-12,14-15,17H,3-6H2,1-2H3. The summed E-state index contributed by atoms with van der Waals surface area (Å²) in [4.78, 5) is 4.03. The van der Waals surface area contributed by atoms with Crippen molar-refractivity contribution >= 4 is 0 Å². The lowest BCUT2D eigenvalue weighted by molar-refractivity contribution is 0.0574. The smallest absolute Gasteiger partial charge is 0.0634 e. The summed E-state index contributed by atoms with van der Waals surface area (Å²) in [6, 6.07) is 4.03. The van der Waals surface area contributed by atoms with Crippen LogP contribution in [0, 0.1) is 11.8 Å². The number of aliphatic hydroxyl groups is 1. The van der Waals surface area contributed by atoms with Gasteiger partial charge in [0.2, 0.25) is 0 Å². The monoisotopic (exact) mass is 233 g/mol. The van der Waals surface area contributed by atoms with Crippen molar-refractivity contribution in [2.75, 3.05) is 0 Å². The van der Waals surface area contributed by atoms with Gasteiger partial charge in [0.1, 0.15) is 0 Å². The van der Waals surface area contributed by atoms with Gasteiger partial charge in [0.15, 0.2) is 0 Å². The van der Waals surface area contributed by atoms with Gasteiger partial charge >= 0.3 is 0 Å². The van der Waals surface area contributed by atoms with E-state index in [-0.39, 0.29) is 12.0 Å². The number of nitrogens with zero attached hydrogens (tertiary/aromatic N) is 1. The van der Waals surface area contributed by atoms with Crippen molar-refractivity contribution in [3.8, 4) is 0 Å². The van der Waals surface area contributed by atoms with Crippen molar-refractivity contribution in [2.24, 2.45) is 11.8 Å². The van der Waals surface area contributed by atoms with Crippen molar-refractivity contribution in [3.05, 3.63) is 30.1 Å². The summed E-state index contributed by atoms with van der Waals surface area (Å²) in [5, 5.41) is 10.5. The van der Waals surface area contributed by atoms with Gasteiger partial charge < -0.3 is 5.11 Å². The van der Waals surface area contributed by atoms with Gasteiger partial charge in [-0.05, 0) is 42.4 Å². The van der Waals surface area contributed by atoms with Crippen LogP contribution in [-0.4, -0.2) is 16.2 Å². The summed E-state index contributed by atoms with van der Waals surface area (Å²) in [5.74, 6) is 1.54. The molecule has 1 aromatic heterocycles. The first-order valence-electron chi connectivity index (χ1n) is 6.76. The van der Waals surface area contributed by atoms with Crippen molar-refractivity contribution in [3.63, 3.8) is 0 Å². The molecule has 1 heterocycles. The van der Waals surface area contributed by atoms with Crippen LogP contribution in [0.5, 0.6) is 0 Å². The second kappa shape index (κ2) is 5.63. The number of aliphatic hydroxyl groups excluding tert-OH is 1. The van der Waals surface area contributed by atoms with E-state index in [2.05, 4.69) is 18.8 Å². The van der Waals surface area contributed by atoms with Crippen molar-refractivity contribution in [1.82, 2.24) is 4.98 Å². The van der Waals surface area contributed by atoms with Crippen LogP contribution in [0.4, 0.5) is 0 Å². The van der Waals surface area contributed by atoms with E-state index in [1.807, 2.05) is 24.5 Å². The van der Waals surface area contributed by atoms with E-state index in [0.717, 1.165) is 5.92 Å². The minimum absolute atomic E-state index is 0.204. The maximum Gasteiger partial charge on any atom is 0.0634 e. The summed E-state index contributed by atoms with van der Waals surface area (Å²) in [5.41, 5.74) is 1.20. The minimum atomic E-state index is -0.204. The Morgan fingerprint density at radius 3 is 2.35 bits per heavy atom. The van der Waals surface area contributed by atoms with E-state index in [0.29, 0.717) is 5.92 Å². The predicted molar refractivity (Wildman–Crippen MR) is 69.8 cm³/mol. The van der Waals surface area contributed by atoms with E-state index in [9.17, 15) is 5.11 Å². The van der Waals surface area contributed by atoms with Crippen LogP contribution < -0.4 is 0 Å². The molecule has 1 aliphatic rings. The van der Waals surface area contributed by atoms with Gasteiger partial charge in [0, 0.05) is 18.3 Å². The molecule has 17 heavy (non-hydrogen) atoms. The molecule has 0 spiro atoms. The van der Waals surface area contributed by atoms with Gasteiger partial charge in [-0.3, -0.25) is 4.98 Å². The van der Waals surface area contributed by atoms with Gasteiger partial charge in [0.25, 0.3) is 0 Å². The first-order valence-corrected chi connectivity index (χ1v) is 6.76. The Labute approximate surface area is 104 Å². The number of pyridine rings is 1. The quantitative estimate of drug-likeness (QED) is 0.868. The highest BCUT2D eigenvalue weighted by Crippen LogP contribution is 2.35. The fourth-order valence-corrected chi connectivity index (χ4v) is 2.90. The number of aromatic nitrogens is 1. The van der Waals surface area contributed by atoms with E-state index < -0.39 is 0 Å². The fourth-order valence-electron chi connectivity index (χ4n) is 2.90. The maximum absolute atomic E-state index is 10.5. The molecule has 0 bridgehead atoms. The van der Waals surface area contributed by atoms with E-state index in [4.69, 9.17) is 0 Å². The van der Waals surface area contributed by atoms with Crippen molar-refractivity contribution in [1.29, 1.82) is 0 Å². The molecule has 0 aromatic carbocycles. The molecule has 1 fully saturated rings. The fraction of sp³-hybridized carbons (Fsp3) is 0.667.